The summed E-state index contributed by atoms with van der Waals surface area (Å²) >= 11 is 0. The van der Waals surface area contributed by atoms with Crippen molar-refractivity contribution in [3.8, 4) is 0 Å². The molecule has 1 saturated heterocycles. The van der Waals surface area contributed by atoms with Crippen LogP contribution in [0.5, 0.6) is 0 Å². The van der Waals surface area contributed by atoms with Crippen LogP contribution in [0.4, 0.5) is 0 Å². The minimum atomic E-state index is -0.0268. The van der Waals surface area contributed by atoms with Gasteiger partial charge in [-0.25, -0.2) is 0 Å². The molecule has 0 N–H and O–H groups in total. The van der Waals surface area contributed by atoms with Crippen LogP contribution in [0.15, 0.2) is 0 Å². The highest BCUT2D eigenvalue weighted by atomic mass is 16.6. The molecule has 0 aromatic carbocycles. The van der Waals surface area contributed by atoms with Gasteiger partial charge < -0.3 is 9.47 Å². The molecule has 0 bridgehead atoms. The molecule has 1 saturated carbocycles. The Morgan fingerprint density at radius 2 is 1.88 bits per heavy atom. The van der Waals surface area contributed by atoms with Crippen molar-refractivity contribution in [2.24, 2.45) is 5.92 Å². The summed E-state index contributed by atoms with van der Waals surface area (Å²) in [5.74, 6) is 0.556. The zero-order valence-corrected chi connectivity index (χ0v) is 9.95. The maximum Gasteiger partial charge on any atom is 0.306 e. The lowest BCUT2D eigenvalue weighted by molar-refractivity contribution is -0.150. The molecule has 0 aromatic rings. The Kier molecular flexibility index (Phi) is 4.64. The third kappa shape index (κ3) is 3.78. The first-order valence-electron chi connectivity index (χ1n) is 6.62. The number of hydrogen-bond donors (Lipinski definition) is 0. The first kappa shape index (κ1) is 11.9. The Bertz CT molecular complexity index is 215. The quantitative estimate of drug-likeness (QED) is 0.691. The van der Waals surface area contributed by atoms with Crippen molar-refractivity contribution in [2.45, 2.75) is 57.5 Å². The fourth-order valence-electron chi connectivity index (χ4n) is 2.63. The van der Waals surface area contributed by atoms with E-state index >= 15 is 0 Å². The molecule has 0 radical (unpaired) electrons. The Hall–Kier alpha value is -0.570. The smallest absolute Gasteiger partial charge is 0.306 e. The number of carbonyl (C=O) groups is 1. The summed E-state index contributed by atoms with van der Waals surface area (Å²) in [5.41, 5.74) is 0. The topological polar surface area (TPSA) is 35.5 Å². The van der Waals surface area contributed by atoms with Crippen LogP contribution in [0.1, 0.15) is 51.4 Å². The van der Waals surface area contributed by atoms with E-state index in [9.17, 15) is 4.79 Å². The molecular weight excluding hydrogens is 204 g/mol. The summed E-state index contributed by atoms with van der Waals surface area (Å²) in [6, 6.07) is 0. The second kappa shape index (κ2) is 6.24. The van der Waals surface area contributed by atoms with E-state index in [0.29, 0.717) is 18.9 Å². The summed E-state index contributed by atoms with van der Waals surface area (Å²) in [4.78, 5) is 11.6. The molecule has 92 valence electrons. The van der Waals surface area contributed by atoms with Gasteiger partial charge in [0.05, 0.1) is 6.10 Å². The van der Waals surface area contributed by atoms with E-state index in [4.69, 9.17) is 9.47 Å². The van der Waals surface area contributed by atoms with E-state index < -0.39 is 0 Å². The largest absolute Gasteiger partial charge is 0.463 e. The van der Waals surface area contributed by atoms with Gasteiger partial charge in [-0.15, -0.1) is 0 Å². The van der Waals surface area contributed by atoms with E-state index in [2.05, 4.69) is 0 Å². The summed E-state index contributed by atoms with van der Waals surface area (Å²) in [5, 5.41) is 0. The van der Waals surface area contributed by atoms with Crippen LogP contribution < -0.4 is 0 Å². The number of carbonyl (C=O) groups excluding carboxylic acids is 1. The third-order valence-electron chi connectivity index (χ3n) is 3.63. The molecule has 0 spiro atoms. The number of esters is 1. The van der Waals surface area contributed by atoms with Crippen molar-refractivity contribution in [1.82, 2.24) is 0 Å². The van der Waals surface area contributed by atoms with Crippen LogP contribution in [0.2, 0.25) is 0 Å². The highest BCUT2D eigenvalue weighted by molar-refractivity contribution is 5.69. The molecule has 2 fully saturated rings. The van der Waals surface area contributed by atoms with Gasteiger partial charge >= 0.3 is 5.97 Å². The molecule has 1 unspecified atom stereocenters. The molecule has 1 aliphatic carbocycles. The van der Waals surface area contributed by atoms with Gasteiger partial charge in [-0.3, -0.25) is 4.79 Å². The Morgan fingerprint density at radius 1 is 1.12 bits per heavy atom. The number of rotatable bonds is 4. The highest BCUT2D eigenvalue weighted by Crippen LogP contribution is 2.27. The lowest BCUT2D eigenvalue weighted by atomic mass is 10.0. The van der Waals surface area contributed by atoms with Gasteiger partial charge in [0, 0.05) is 13.0 Å². The maximum atomic E-state index is 11.6. The zero-order chi connectivity index (χ0) is 11.2. The predicted octanol–water partition coefficient (Wildman–Crippen LogP) is 2.68. The molecular formula is C13H22O3. The number of hydrogen-bond acceptors (Lipinski definition) is 3. The van der Waals surface area contributed by atoms with Crippen molar-refractivity contribution < 1.29 is 14.3 Å². The normalized spacial score (nSPS) is 26.9. The van der Waals surface area contributed by atoms with E-state index in [1.54, 1.807) is 0 Å². The highest BCUT2D eigenvalue weighted by Gasteiger charge is 2.21. The predicted molar refractivity (Wildman–Crippen MR) is 61.1 cm³/mol. The molecule has 2 rings (SSSR count). The van der Waals surface area contributed by atoms with Gasteiger partial charge in [-0.05, 0) is 38.0 Å². The Morgan fingerprint density at radius 3 is 2.56 bits per heavy atom. The van der Waals surface area contributed by atoms with E-state index in [-0.39, 0.29) is 12.1 Å². The van der Waals surface area contributed by atoms with Crippen LogP contribution in [0.3, 0.4) is 0 Å². The summed E-state index contributed by atoms with van der Waals surface area (Å²) < 4.78 is 10.8. The van der Waals surface area contributed by atoms with Crippen LogP contribution in [-0.4, -0.2) is 25.3 Å². The van der Waals surface area contributed by atoms with Crippen molar-refractivity contribution in [1.29, 1.82) is 0 Å². The molecule has 16 heavy (non-hydrogen) atoms. The monoisotopic (exact) mass is 226 g/mol. The molecule has 1 aliphatic heterocycles. The summed E-state index contributed by atoms with van der Waals surface area (Å²) in [6.45, 7) is 1.29. The molecule has 0 aromatic heterocycles. The van der Waals surface area contributed by atoms with Gasteiger partial charge in [0.1, 0.15) is 6.61 Å². The molecule has 0 amide bonds. The molecule has 1 heterocycles. The summed E-state index contributed by atoms with van der Waals surface area (Å²) in [6.07, 6.45) is 9.12. The Balaban J connectivity index is 1.59. The minimum Gasteiger partial charge on any atom is -0.463 e. The average Bonchev–Trinajstić information content (AvgIpc) is 2.81. The standard InChI is InChI=1S/C13H22O3/c14-13(9-11-5-1-2-6-11)16-10-12-7-3-4-8-15-12/h11-12H,1-10H2. The average molecular weight is 226 g/mol. The van der Waals surface area contributed by atoms with Crippen LogP contribution in [-0.2, 0) is 14.3 Å². The van der Waals surface area contributed by atoms with E-state index in [1.165, 1.54) is 32.1 Å². The molecule has 3 heteroatoms. The van der Waals surface area contributed by atoms with Gasteiger partial charge in [0.2, 0.25) is 0 Å². The molecule has 1 atom stereocenters. The zero-order valence-electron chi connectivity index (χ0n) is 9.95. The second-order valence-corrected chi connectivity index (χ2v) is 5.03. The van der Waals surface area contributed by atoms with Crippen LogP contribution >= 0.6 is 0 Å². The number of ether oxygens (including phenoxy) is 2. The van der Waals surface area contributed by atoms with Crippen molar-refractivity contribution >= 4 is 5.97 Å². The maximum absolute atomic E-state index is 11.6. The van der Waals surface area contributed by atoms with Gasteiger partial charge in [0.15, 0.2) is 0 Å². The minimum absolute atomic E-state index is 0.0268. The van der Waals surface area contributed by atoms with Gasteiger partial charge in [-0.1, -0.05) is 12.8 Å². The first-order valence-corrected chi connectivity index (χ1v) is 6.62. The van der Waals surface area contributed by atoms with Crippen LogP contribution in [0.25, 0.3) is 0 Å². The van der Waals surface area contributed by atoms with Crippen molar-refractivity contribution in [2.75, 3.05) is 13.2 Å². The van der Waals surface area contributed by atoms with Gasteiger partial charge in [0.25, 0.3) is 0 Å². The van der Waals surface area contributed by atoms with Crippen molar-refractivity contribution in [3.63, 3.8) is 0 Å². The molecule has 3 nitrogen and oxygen atoms in total. The first-order chi connectivity index (χ1) is 7.84. The van der Waals surface area contributed by atoms with E-state index in [0.717, 1.165) is 19.4 Å². The summed E-state index contributed by atoms with van der Waals surface area (Å²) in [7, 11) is 0. The SMILES string of the molecule is O=C(CC1CCCC1)OCC1CCCCO1. The second-order valence-electron chi connectivity index (χ2n) is 5.03. The van der Waals surface area contributed by atoms with Crippen LogP contribution in [0, 0.1) is 5.92 Å². The van der Waals surface area contributed by atoms with E-state index in [1.807, 2.05) is 0 Å². The molecule has 2 aliphatic rings. The fraction of sp³-hybridized carbons (Fsp3) is 0.923. The van der Waals surface area contributed by atoms with Crippen molar-refractivity contribution in [3.05, 3.63) is 0 Å². The fourth-order valence-corrected chi connectivity index (χ4v) is 2.63. The Labute approximate surface area is 97.5 Å². The lowest BCUT2D eigenvalue weighted by Gasteiger charge is -2.22. The van der Waals surface area contributed by atoms with Gasteiger partial charge in [-0.2, -0.15) is 0 Å². The lowest BCUT2D eigenvalue weighted by Crippen LogP contribution is -2.26. The third-order valence-corrected chi connectivity index (χ3v) is 3.63.